The fourth-order valence-corrected chi connectivity index (χ4v) is 2.13. The van der Waals surface area contributed by atoms with E-state index in [0.29, 0.717) is 5.56 Å². The van der Waals surface area contributed by atoms with Crippen molar-refractivity contribution in [3.8, 4) is 0 Å². The van der Waals surface area contributed by atoms with Crippen LogP contribution in [0.1, 0.15) is 10.4 Å². The molecule has 0 bridgehead atoms. The highest BCUT2D eigenvalue weighted by atomic mass is 16.2. The highest BCUT2D eigenvalue weighted by Gasteiger charge is 2.14. The summed E-state index contributed by atoms with van der Waals surface area (Å²) < 4.78 is 1.95. The molecule has 3 heteroatoms. The molecule has 1 amide bonds. The average molecular weight is 250 g/mol. The van der Waals surface area contributed by atoms with Gasteiger partial charge in [-0.1, -0.05) is 24.3 Å². The van der Waals surface area contributed by atoms with Gasteiger partial charge in [0.1, 0.15) is 0 Å². The Labute approximate surface area is 111 Å². The van der Waals surface area contributed by atoms with Gasteiger partial charge in [0.2, 0.25) is 0 Å². The number of amides is 1. The van der Waals surface area contributed by atoms with Crippen LogP contribution in [0.5, 0.6) is 0 Å². The number of carbonyl (C=O) groups excluding carboxylic acids is 1. The molecule has 0 fully saturated rings. The Morgan fingerprint density at radius 3 is 2.53 bits per heavy atom. The predicted molar refractivity (Wildman–Crippen MR) is 76.6 cm³/mol. The van der Waals surface area contributed by atoms with Crippen molar-refractivity contribution >= 4 is 17.1 Å². The third-order valence-corrected chi connectivity index (χ3v) is 3.20. The molecule has 0 unspecified atom stereocenters. The third-order valence-electron chi connectivity index (χ3n) is 3.20. The Morgan fingerprint density at radius 1 is 1.05 bits per heavy atom. The quantitative estimate of drug-likeness (QED) is 0.685. The van der Waals surface area contributed by atoms with E-state index in [1.54, 1.807) is 11.9 Å². The zero-order chi connectivity index (χ0) is 13.2. The first kappa shape index (κ1) is 11.5. The normalized spacial score (nSPS) is 10.6. The fraction of sp³-hybridized carbons (Fsp3) is 0.0625. The van der Waals surface area contributed by atoms with Gasteiger partial charge in [-0.25, -0.2) is 0 Å². The van der Waals surface area contributed by atoms with E-state index in [2.05, 4.69) is 0 Å². The van der Waals surface area contributed by atoms with Crippen LogP contribution in [0.4, 0.5) is 5.69 Å². The molecule has 0 saturated carbocycles. The summed E-state index contributed by atoms with van der Waals surface area (Å²) in [6, 6.07) is 17.4. The molecule has 0 aliphatic rings. The van der Waals surface area contributed by atoms with Gasteiger partial charge in [0.05, 0.1) is 5.56 Å². The maximum Gasteiger partial charge on any atom is 0.259 e. The summed E-state index contributed by atoms with van der Waals surface area (Å²) in [5.41, 5.74) is 2.60. The summed E-state index contributed by atoms with van der Waals surface area (Å²) in [5, 5.41) is 0. The first-order valence-corrected chi connectivity index (χ1v) is 6.15. The van der Waals surface area contributed by atoms with Crippen LogP contribution >= 0.6 is 0 Å². The monoisotopic (exact) mass is 250 g/mol. The lowest BCUT2D eigenvalue weighted by atomic mass is 10.2. The molecular formula is C16H14N2O. The van der Waals surface area contributed by atoms with E-state index in [-0.39, 0.29) is 5.91 Å². The molecule has 0 atom stereocenters. The maximum absolute atomic E-state index is 12.4. The van der Waals surface area contributed by atoms with Crippen molar-refractivity contribution in [3.05, 3.63) is 72.6 Å². The summed E-state index contributed by atoms with van der Waals surface area (Å²) in [6.07, 6.45) is 3.80. The van der Waals surface area contributed by atoms with E-state index in [1.165, 1.54) is 0 Å². The molecule has 2 aromatic heterocycles. The van der Waals surface area contributed by atoms with Gasteiger partial charge in [-0.3, -0.25) is 4.79 Å². The molecule has 0 radical (unpaired) electrons. The van der Waals surface area contributed by atoms with Crippen LogP contribution in [0.3, 0.4) is 0 Å². The third kappa shape index (κ3) is 2.10. The Kier molecular flexibility index (Phi) is 2.80. The molecule has 3 aromatic rings. The highest BCUT2D eigenvalue weighted by Crippen LogP contribution is 2.17. The number of anilines is 1. The van der Waals surface area contributed by atoms with Gasteiger partial charge in [-0.2, -0.15) is 0 Å². The molecule has 3 rings (SSSR count). The minimum absolute atomic E-state index is 0.00472. The molecule has 0 saturated heterocycles. The number of nitrogens with zero attached hydrogens (tertiary/aromatic N) is 2. The van der Waals surface area contributed by atoms with E-state index >= 15 is 0 Å². The summed E-state index contributed by atoms with van der Waals surface area (Å²) >= 11 is 0. The van der Waals surface area contributed by atoms with Crippen LogP contribution in [0, 0.1) is 0 Å². The number of pyridine rings is 1. The van der Waals surface area contributed by atoms with Crippen LogP contribution in [0.15, 0.2) is 67.0 Å². The Hall–Kier alpha value is -2.55. The molecule has 94 valence electrons. The molecule has 19 heavy (non-hydrogen) atoms. The van der Waals surface area contributed by atoms with E-state index < -0.39 is 0 Å². The van der Waals surface area contributed by atoms with Gasteiger partial charge in [0.25, 0.3) is 5.91 Å². The zero-order valence-corrected chi connectivity index (χ0v) is 10.7. The van der Waals surface area contributed by atoms with Crippen LogP contribution in [-0.2, 0) is 0 Å². The molecular weight excluding hydrogens is 236 g/mol. The lowest BCUT2D eigenvalue weighted by Crippen LogP contribution is -2.25. The van der Waals surface area contributed by atoms with E-state index in [9.17, 15) is 4.79 Å². The second-order valence-corrected chi connectivity index (χ2v) is 4.46. The number of carbonyl (C=O) groups is 1. The van der Waals surface area contributed by atoms with Gasteiger partial charge in [-0.05, 0) is 30.3 Å². The smallest absolute Gasteiger partial charge is 0.259 e. The lowest BCUT2D eigenvalue weighted by Gasteiger charge is -2.16. The number of hydrogen-bond donors (Lipinski definition) is 0. The van der Waals surface area contributed by atoms with Crippen LogP contribution < -0.4 is 4.90 Å². The molecule has 2 heterocycles. The predicted octanol–water partition coefficient (Wildman–Crippen LogP) is 3.22. The van der Waals surface area contributed by atoms with Crippen molar-refractivity contribution in [2.24, 2.45) is 0 Å². The summed E-state index contributed by atoms with van der Waals surface area (Å²) in [4.78, 5) is 14.1. The van der Waals surface area contributed by atoms with Gasteiger partial charge < -0.3 is 9.30 Å². The highest BCUT2D eigenvalue weighted by molar-refractivity contribution is 6.06. The van der Waals surface area contributed by atoms with Gasteiger partial charge in [-0.15, -0.1) is 0 Å². The summed E-state index contributed by atoms with van der Waals surface area (Å²) in [7, 11) is 1.79. The van der Waals surface area contributed by atoms with Crippen molar-refractivity contribution in [1.82, 2.24) is 4.40 Å². The number of benzene rings is 1. The van der Waals surface area contributed by atoms with E-state index in [0.717, 1.165) is 11.2 Å². The SMILES string of the molecule is CN(C(=O)c1cc2ccccn2c1)c1ccccc1. The lowest BCUT2D eigenvalue weighted by molar-refractivity contribution is 0.0993. The molecule has 3 nitrogen and oxygen atoms in total. The van der Waals surface area contributed by atoms with Gasteiger partial charge in [0, 0.05) is 30.6 Å². The Bertz CT molecular complexity index is 683. The largest absolute Gasteiger partial charge is 0.323 e. The molecule has 0 aliphatic carbocycles. The number of aromatic nitrogens is 1. The van der Waals surface area contributed by atoms with Crippen LogP contribution in [-0.4, -0.2) is 17.4 Å². The maximum atomic E-state index is 12.4. The van der Waals surface area contributed by atoms with Crippen LogP contribution in [0.25, 0.3) is 5.52 Å². The van der Waals surface area contributed by atoms with Crippen molar-refractivity contribution in [3.63, 3.8) is 0 Å². The first-order chi connectivity index (χ1) is 9.25. The minimum Gasteiger partial charge on any atom is -0.323 e. The Morgan fingerprint density at radius 2 is 1.79 bits per heavy atom. The number of para-hydroxylation sites is 1. The number of fused-ring (bicyclic) bond motifs is 1. The van der Waals surface area contributed by atoms with Crippen molar-refractivity contribution in [2.45, 2.75) is 0 Å². The van der Waals surface area contributed by atoms with E-state index in [4.69, 9.17) is 0 Å². The molecule has 1 aromatic carbocycles. The molecule has 0 spiro atoms. The molecule has 0 N–H and O–H groups in total. The van der Waals surface area contributed by atoms with Gasteiger partial charge in [0.15, 0.2) is 0 Å². The fourth-order valence-electron chi connectivity index (χ4n) is 2.13. The number of hydrogen-bond acceptors (Lipinski definition) is 1. The first-order valence-electron chi connectivity index (χ1n) is 6.15. The summed E-state index contributed by atoms with van der Waals surface area (Å²) in [6.45, 7) is 0. The minimum atomic E-state index is -0.00472. The summed E-state index contributed by atoms with van der Waals surface area (Å²) in [5.74, 6) is -0.00472. The second-order valence-electron chi connectivity index (χ2n) is 4.46. The van der Waals surface area contributed by atoms with Crippen LogP contribution in [0.2, 0.25) is 0 Å². The average Bonchev–Trinajstić information content (AvgIpc) is 2.90. The van der Waals surface area contributed by atoms with Crippen molar-refractivity contribution in [2.75, 3.05) is 11.9 Å². The zero-order valence-electron chi connectivity index (χ0n) is 10.7. The van der Waals surface area contributed by atoms with Crippen molar-refractivity contribution < 1.29 is 4.79 Å². The van der Waals surface area contributed by atoms with Crippen molar-refractivity contribution in [1.29, 1.82) is 0 Å². The molecule has 0 aliphatic heterocycles. The number of rotatable bonds is 2. The standard InChI is InChI=1S/C16H14N2O/c1-17(14-7-3-2-4-8-14)16(19)13-11-15-9-5-6-10-18(15)12-13/h2-12H,1H3. The second kappa shape index (κ2) is 4.61. The van der Waals surface area contributed by atoms with Gasteiger partial charge >= 0.3 is 0 Å². The topological polar surface area (TPSA) is 24.7 Å². The van der Waals surface area contributed by atoms with E-state index in [1.807, 2.05) is 71.4 Å². The Balaban J connectivity index is 1.95.